The summed E-state index contributed by atoms with van der Waals surface area (Å²) < 4.78 is 0. The molecule has 0 aliphatic heterocycles. The molecule has 10 aromatic carbocycles. The van der Waals surface area contributed by atoms with Crippen LogP contribution < -0.4 is 20.7 Å². The maximum absolute atomic E-state index is 2.65. The van der Waals surface area contributed by atoms with Gasteiger partial charge in [0.1, 0.15) is 0 Å². The lowest BCUT2D eigenvalue weighted by atomic mass is 9.80. The minimum atomic E-state index is -2.65. The first kappa shape index (κ1) is 32.8. The SMILES string of the molecule is CC1(C)c2cc(-c3cccc([Si](c4ccccc4)(c4ccccc4)c4ccccc4)c3)ccc2-c2ccc(-c3ccc4ccc5cccc6ccc3c4c56)cc21. The molecule has 0 nitrogen and oxygen atoms in total. The average molecular weight is 729 g/mol. The fourth-order valence-electron chi connectivity index (χ4n) is 10.1. The molecule has 0 heterocycles. The molecule has 0 unspecified atom stereocenters. The highest BCUT2D eigenvalue weighted by molar-refractivity contribution is 7.19. The van der Waals surface area contributed by atoms with Crippen molar-refractivity contribution in [2.24, 2.45) is 0 Å². The molecule has 264 valence electrons. The summed E-state index contributed by atoms with van der Waals surface area (Å²) in [6.07, 6.45) is 0. The van der Waals surface area contributed by atoms with E-state index in [0.717, 1.165) is 0 Å². The lowest BCUT2D eigenvalue weighted by molar-refractivity contribution is 0.661. The molecule has 0 bridgehead atoms. The standard InChI is InChI=1S/C55H40Si/c1-55(2)51-35-41(40-16-13-23-46(34-40)56(43-17-6-3-7-18-43,44-19-8-4-9-20-44)45-21-10-5-11-22-45)28-31-48(51)49-32-29-42(36-52(49)55)47-30-26-39-25-24-37-14-12-15-38-27-33-50(47)54(39)53(37)38/h3-36H,1-2H3. The van der Waals surface area contributed by atoms with Crippen LogP contribution in [0.25, 0.3) is 65.7 Å². The monoisotopic (exact) mass is 728 g/mol. The van der Waals surface area contributed by atoms with Crippen molar-refractivity contribution >= 4 is 61.1 Å². The van der Waals surface area contributed by atoms with Crippen LogP contribution in [0.4, 0.5) is 0 Å². The summed E-state index contributed by atoms with van der Waals surface area (Å²) in [7, 11) is -2.65. The molecule has 1 aliphatic carbocycles. The number of hydrogen-bond acceptors (Lipinski definition) is 0. The third-order valence-electron chi connectivity index (χ3n) is 12.8. The van der Waals surface area contributed by atoms with E-state index in [0.29, 0.717) is 0 Å². The third-order valence-corrected chi connectivity index (χ3v) is 17.5. The van der Waals surface area contributed by atoms with E-state index in [-0.39, 0.29) is 5.41 Å². The van der Waals surface area contributed by atoms with E-state index in [4.69, 9.17) is 0 Å². The van der Waals surface area contributed by atoms with Gasteiger partial charge in [-0.15, -0.1) is 0 Å². The van der Waals surface area contributed by atoms with Crippen molar-refractivity contribution in [2.75, 3.05) is 0 Å². The van der Waals surface area contributed by atoms with Crippen molar-refractivity contribution < 1.29 is 0 Å². The maximum Gasteiger partial charge on any atom is 0.179 e. The zero-order valence-electron chi connectivity index (χ0n) is 31.6. The van der Waals surface area contributed by atoms with Gasteiger partial charge in [-0.05, 0) is 110 Å². The minimum Gasteiger partial charge on any atom is -0.0623 e. The summed E-state index contributed by atoms with van der Waals surface area (Å²) in [4.78, 5) is 0. The van der Waals surface area contributed by atoms with Crippen LogP contribution in [0.1, 0.15) is 25.0 Å². The lowest BCUT2D eigenvalue weighted by Crippen LogP contribution is -2.74. The molecule has 10 aromatic rings. The summed E-state index contributed by atoms with van der Waals surface area (Å²) in [5.74, 6) is 0. The summed E-state index contributed by atoms with van der Waals surface area (Å²) in [5, 5.41) is 13.5. The van der Waals surface area contributed by atoms with E-state index in [1.165, 1.54) is 97.6 Å². The van der Waals surface area contributed by atoms with Crippen LogP contribution in [0, 0.1) is 0 Å². The number of benzene rings is 10. The fourth-order valence-corrected chi connectivity index (χ4v) is 14.9. The number of rotatable bonds is 6. The molecule has 1 heteroatoms. The molecular weight excluding hydrogens is 689 g/mol. The predicted octanol–water partition coefficient (Wildman–Crippen LogP) is 11.6. The van der Waals surface area contributed by atoms with Crippen LogP contribution >= 0.6 is 0 Å². The first-order valence-corrected chi connectivity index (χ1v) is 21.8. The van der Waals surface area contributed by atoms with Crippen molar-refractivity contribution in [3.8, 4) is 33.4 Å². The molecule has 0 radical (unpaired) electrons. The molecule has 56 heavy (non-hydrogen) atoms. The van der Waals surface area contributed by atoms with E-state index in [9.17, 15) is 0 Å². The lowest BCUT2D eigenvalue weighted by Gasteiger charge is -2.34. The summed E-state index contributed by atoms with van der Waals surface area (Å²) >= 11 is 0. The number of fused-ring (bicyclic) bond motifs is 3. The Kier molecular flexibility index (Phi) is 7.33. The largest absolute Gasteiger partial charge is 0.179 e. The Morgan fingerprint density at radius 2 is 0.768 bits per heavy atom. The van der Waals surface area contributed by atoms with Crippen molar-refractivity contribution in [3.63, 3.8) is 0 Å². The molecule has 0 aromatic heterocycles. The van der Waals surface area contributed by atoms with Gasteiger partial charge in [-0.25, -0.2) is 0 Å². The van der Waals surface area contributed by atoms with E-state index in [1.54, 1.807) is 0 Å². The van der Waals surface area contributed by atoms with Gasteiger partial charge in [0.25, 0.3) is 0 Å². The quantitative estimate of drug-likeness (QED) is 0.0908. The van der Waals surface area contributed by atoms with E-state index < -0.39 is 8.07 Å². The van der Waals surface area contributed by atoms with Crippen LogP contribution in [0.2, 0.25) is 0 Å². The molecule has 0 N–H and O–H groups in total. The second kappa shape index (κ2) is 12.5. The summed E-state index contributed by atoms with van der Waals surface area (Å²) in [6, 6.07) is 77.9. The highest BCUT2D eigenvalue weighted by Crippen LogP contribution is 2.51. The van der Waals surface area contributed by atoms with Gasteiger partial charge in [-0.2, -0.15) is 0 Å². The maximum atomic E-state index is 2.49. The second-order valence-electron chi connectivity index (χ2n) is 16.0. The molecule has 11 rings (SSSR count). The van der Waals surface area contributed by atoms with Gasteiger partial charge in [0.05, 0.1) is 0 Å². The molecule has 0 amide bonds. The van der Waals surface area contributed by atoms with E-state index in [2.05, 4.69) is 220 Å². The third kappa shape index (κ3) is 4.78. The molecular formula is C55H40Si. The minimum absolute atomic E-state index is 0.158. The van der Waals surface area contributed by atoms with Crippen LogP contribution in [0.3, 0.4) is 0 Å². The van der Waals surface area contributed by atoms with Gasteiger partial charge in [-0.1, -0.05) is 208 Å². The first-order valence-electron chi connectivity index (χ1n) is 19.8. The first-order chi connectivity index (χ1) is 27.5. The van der Waals surface area contributed by atoms with Gasteiger partial charge >= 0.3 is 0 Å². The van der Waals surface area contributed by atoms with Gasteiger partial charge in [0.2, 0.25) is 0 Å². The second-order valence-corrected chi connectivity index (χ2v) is 19.9. The van der Waals surface area contributed by atoms with Crippen molar-refractivity contribution in [1.82, 2.24) is 0 Å². The van der Waals surface area contributed by atoms with Crippen LogP contribution in [0.15, 0.2) is 206 Å². The van der Waals surface area contributed by atoms with E-state index >= 15 is 0 Å². The van der Waals surface area contributed by atoms with Crippen LogP contribution in [-0.4, -0.2) is 8.07 Å². The smallest absolute Gasteiger partial charge is 0.0623 e. The Morgan fingerprint density at radius 3 is 1.38 bits per heavy atom. The predicted molar refractivity (Wildman–Crippen MR) is 242 cm³/mol. The van der Waals surface area contributed by atoms with Gasteiger partial charge < -0.3 is 0 Å². The summed E-state index contributed by atoms with van der Waals surface area (Å²) in [5.41, 5.74) is 10.4. The molecule has 0 spiro atoms. The van der Waals surface area contributed by atoms with Gasteiger partial charge in [0.15, 0.2) is 8.07 Å². The zero-order valence-corrected chi connectivity index (χ0v) is 32.6. The van der Waals surface area contributed by atoms with Gasteiger partial charge in [0, 0.05) is 5.41 Å². The normalized spacial score (nSPS) is 13.3. The van der Waals surface area contributed by atoms with Crippen molar-refractivity contribution in [3.05, 3.63) is 217 Å². The molecule has 0 fully saturated rings. The fraction of sp³-hybridized carbons (Fsp3) is 0.0545. The van der Waals surface area contributed by atoms with Gasteiger partial charge in [-0.3, -0.25) is 0 Å². The molecule has 0 atom stereocenters. The molecule has 0 saturated carbocycles. The Morgan fingerprint density at radius 1 is 0.321 bits per heavy atom. The zero-order chi connectivity index (χ0) is 37.4. The Bertz CT molecular complexity index is 2970. The number of hydrogen-bond donors (Lipinski definition) is 0. The Balaban J connectivity index is 1.03. The Labute approximate surface area is 329 Å². The van der Waals surface area contributed by atoms with Crippen LogP contribution in [-0.2, 0) is 5.41 Å². The van der Waals surface area contributed by atoms with E-state index in [1.807, 2.05) is 0 Å². The van der Waals surface area contributed by atoms with Crippen LogP contribution in [0.5, 0.6) is 0 Å². The summed E-state index contributed by atoms with van der Waals surface area (Å²) in [6.45, 7) is 4.81. The molecule has 0 saturated heterocycles. The topological polar surface area (TPSA) is 0 Å². The highest BCUT2D eigenvalue weighted by Gasteiger charge is 2.41. The Hall–Kier alpha value is -6.54. The highest BCUT2D eigenvalue weighted by atomic mass is 28.3. The van der Waals surface area contributed by atoms with Crippen molar-refractivity contribution in [1.29, 1.82) is 0 Å². The van der Waals surface area contributed by atoms with Crippen molar-refractivity contribution in [2.45, 2.75) is 19.3 Å². The average Bonchev–Trinajstić information content (AvgIpc) is 3.49. The molecule has 1 aliphatic rings.